The summed E-state index contributed by atoms with van der Waals surface area (Å²) in [5.41, 5.74) is 0.586. The van der Waals surface area contributed by atoms with Crippen LogP contribution in [0.1, 0.15) is 10.5 Å². The van der Waals surface area contributed by atoms with E-state index in [0.717, 1.165) is 0 Å². The van der Waals surface area contributed by atoms with Crippen LogP contribution >= 0.6 is 0 Å². The third kappa shape index (κ3) is 2.81. The minimum Gasteiger partial charge on any atom is -0.476 e. The Bertz CT molecular complexity index is 894. The van der Waals surface area contributed by atoms with Crippen molar-refractivity contribution < 1.29 is 18.7 Å². The Morgan fingerprint density at radius 2 is 1.43 bits per heavy atom. The quantitative estimate of drug-likeness (QED) is 0.780. The smallest absolute Gasteiger partial charge is 0.355 e. The van der Waals surface area contributed by atoms with Crippen LogP contribution in [0.2, 0.25) is 0 Å². The number of hydrogen-bond donors (Lipinski definition) is 1. The van der Waals surface area contributed by atoms with Crippen LogP contribution in [0.15, 0.2) is 60.8 Å². The van der Waals surface area contributed by atoms with Crippen molar-refractivity contribution >= 4 is 5.97 Å². The van der Waals surface area contributed by atoms with Gasteiger partial charge < -0.3 is 5.11 Å². The second-order valence-electron chi connectivity index (χ2n) is 4.89. The van der Waals surface area contributed by atoms with Gasteiger partial charge in [0.1, 0.15) is 11.6 Å². The zero-order valence-electron chi connectivity index (χ0n) is 11.8. The number of aromatic nitrogens is 1. The van der Waals surface area contributed by atoms with Crippen LogP contribution in [0.5, 0.6) is 0 Å². The van der Waals surface area contributed by atoms with E-state index in [4.69, 9.17) is 0 Å². The molecule has 3 rings (SSSR count). The summed E-state index contributed by atoms with van der Waals surface area (Å²) in [7, 11) is 0. The summed E-state index contributed by atoms with van der Waals surface area (Å²) in [5.74, 6) is -2.30. The summed E-state index contributed by atoms with van der Waals surface area (Å²) in [6.45, 7) is 0. The average Bonchev–Trinajstić information content (AvgIpc) is 2.55. The first-order chi connectivity index (χ1) is 11.1. The van der Waals surface area contributed by atoms with Gasteiger partial charge in [-0.05, 0) is 18.2 Å². The molecule has 1 aromatic heterocycles. The Balaban J connectivity index is 2.25. The Kier molecular flexibility index (Phi) is 3.85. The minimum atomic E-state index is -1.27. The number of carboxylic acid groups (broad SMARTS) is 1. The molecule has 0 aliphatic heterocycles. The lowest BCUT2D eigenvalue weighted by atomic mass is 9.98. The number of carbonyl (C=O) groups is 1. The van der Waals surface area contributed by atoms with Crippen LogP contribution in [0.25, 0.3) is 22.3 Å². The molecule has 23 heavy (non-hydrogen) atoms. The molecule has 0 amide bonds. The lowest BCUT2D eigenvalue weighted by Gasteiger charge is -2.10. The molecule has 0 saturated heterocycles. The van der Waals surface area contributed by atoms with Crippen molar-refractivity contribution in [2.24, 2.45) is 0 Å². The number of rotatable bonds is 3. The van der Waals surface area contributed by atoms with Gasteiger partial charge in [-0.3, -0.25) is 0 Å². The first-order valence-corrected chi connectivity index (χ1v) is 6.81. The molecule has 0 bridgehead atoms. The largest absolute Gasteiger partial charge is 0.476 e. The van der Waals surface area contributed by atoms with E-state index in [1.54, 1.807) is 24.3 Å². The van der Waals surface area contributed by atoms with Crippen LogP contribution in [0, 0.1) is 11.6 Å². The number of halogens is 2. The molecule has 0 radical (unpaired) electrons. The molecule has 1 heterocycles. The van der Waals surface area contributed by atoms with Gasteiger partial charge in [0.25, 0.3) is 0 Å². The summed E-state index contributed by atoms with van der Waals surface area (Å²) in [6, 6.07) is 13.3. The maximum Gasteiger partial charge on any atom is 0.355 e. The SMILES string of the molecule is O=C(O)c1ncc(-c2ccccc2F)cc1-c1ccccc1F. The molecule has 0 saturated carbocycles. The summed E-state index contributed by atoms with van der Waals surface area (Å²) >= 11 is 0. The van der Waals surface area contributed by atoms with E-state index < -0.39 is 17.6 Å². The van der Waals surface area contributed by atoms with Gasteiger partial charge in [0.15, 0.2) is 5.69 Å². The van der Waals surface area contributed by atoms with Crippen LogP contribution in [-0.4, -0.2) is 16.1 Å². The second-order valence-corrected chi connectivity index (χ2v) is 4.89. The van der Waals surface area contributed by atoms with Gasteiger partial charge in [-0.25, -0.2) is 18.6 Å². The van der Waals surface area contributed by atoms with Crippen LogP contribution in [0.4, 0.5) is 8.78 Å². The predicted molar refractivity (Wildman–Crippen MR) is 82.0 cm³/mol. The zero-order chi connectivity index (χ0) is 16.4. The molecule has 0 unspecified atom stereocenters. The molecule has 0 atom stereocenters. The average molecular weight is 311 g/mol. The van der Waals surface area contributed by atoms with E-state index in [9.17, 15) is 18.7 Å². The maximum absolute atomic E-state index is 14.0. The Morgan fingerprint density at radius 1 is 0.870 bits per heavy atom. The van der Waals surface area contributed by atoms with Crippen LogP contribution < -0.4 is 0 Å². The summed E-state index contributed by atoms with van der Waals surface area (Å²) in [5, 5.41) is 9.27. The predicted octanol–water partition coefficient (Wildman–Crippen LogP) is 4.39. The number of benzene rings is 2. The fourth-order valence-electron chi connectivity index (χ4n) is 2.36. The lowest BCUT2D eigenvalue weighted by Crippen LogP contribution is -2.04. The van der Waals surface area contributed by atoms with Crippen molar-refractivity contribution in [3.63, 3.8) is 0 Å². The number of hydrogen-bond acceptors (Lipinski definition) is 2. The van der Waals surface area contributed by atoms with E-state index >= 15 is 0 Å². The molecule has 0 aliphatic carbocycles. The first-order valence-electron chi connectivity index (χ1n) is 6.81. The topological polar surface area (TPSA) is 50.2 Å². The molecular formula is C18H11F2NO2. The molecule has 0 aliphatic rings. The van der Waals surface area contributed by atoms with E-state index in [1.807, 2.05) is 0 Å². The van der Waals surface area contributed by atoms with Crippen molar-refractivity contribution in [3.05, 3.63) is 78.1 Å². The number of carboxylic acids is 1. The van der Waals surface area contributed by atoms with Crippen molar-refractivity contribution in [2.75, 3.05) is 0 Å². The molecule has 3 nitrogen and oxygen atoms in total. The van der Waals surface area contributed by atoms with E-state index in [1.165, 1.54) is 36.5 Å². The molecule has 3 aromatic rings. The van der Waals surface area contributed by atoms with Crippen molar-refractivity contribution in [1.29, 1.82) is 0 Å². The lowest BCUT2D eigenvalue weighted by molar-refractivity contribution is 0.0691. The summed E-state index contributed by atoms with van der Waals surface area (Å²) in [4.78, 5) is 15.2. The standard InChI is InChI=1S/C18H11F2NO2/c19-15-7-3-1-5-12(15)11-9-14(17(18(22)23)21-10-11)13-6-2-4-8-16(13)20/h1-10H,(H,22,23). The van der Waals surface area contributed by atoms with Crippen LogP contribution in [0.3, 0.4) is 0 Å². The highest BCUT2D eigenvalue weighted by Crippen LogP contribution is 2.30. The van der Waals surface area contributed by atoms with Gasteiger partial charge >= 0.3 is 5.97 Å². The van der Waals surface area contributed by atoms with E-state index in [-0.39, 0.29) is 22.4 Å². The minimum absolute atomic E-state index is 0.107. The molecule has 0 spiro atoms. The molecule has 0 fully saturated rings. The van der Waals surface area contributed by atoms with Crippen molar-refractivity contribution in [3.8, 4) is 22.3 Å². The highest BCUT2D eigenvalue weighted by molar-refractivity contribution is 5.95. The molecule has 114 valence electrons. The fraction of sp³-hybridized carbons (Fsp3) is 0. The first kappa shape index (κ1) is 14.8. The summed E-state index contributed by atoms with van der Waals surface area (Å²) in [6.07, 6.45) is 1.27. The molecular weight excluding hydrogens is 300 g/mol. The Morgan fingerprint density at radius 3 is 2.00 bits per heavy atom. The van der Waals surface area contributed by atoms with Gasteiger partial charge in [0.2, 0.25) is 0 Å². The van der Waals surface area contributed by atoms with Crippen molar-refractivity contribution in [1.82, 2.24) is 4.98 Å². The van der Waals surface area contributed by atoms with Gasteiger partial charge in [-0.1, -0.05) is 36.4 Å². The number of aromatic carboxylic acids is 1. The van der Waals surface area contributed by atoms with Crippen molar-refractivity contribution in [2.45, 2.75) is 0 Å². The third-order valence-corrected chi connectivity index (χ3v) is 3.44. The molecule has 5 heteroatoms. The normalized spacial score (nSPS) is 10.5. The van der Waals surface area contributed by atoms with Gasteiger partial charge in [-0.15, -0.1) is 0 Å². The Hall–Kier alpha value is -3.08. The molecule has 1 N–H and O–H groups in total. The number of pyridine rings is 1. The monoisotopic (exact) mass is 311 g/mol. The van der Waals surface area contributed by atoms with Crippen LogP contribution in [-0.2, 0) is 0 Å². The van der Waals surface area contributed by atoms with Gasteiger partial charge in [0, 0.05) is 28.5 Å². The third-order valence-electron chi connectivity index (χ3n) is 3.44. The number of nitrogens with zero attached hydrogens (tertiary/aromatic N) is 1. The molecule has 2 aromatic carbocycles. The second kappa shape index (κ2) is 5.96. The van der Waals surface area contributed by atoms with E-state index in [0.29, 0.717) is 5.56 Å². The summed E-state index contributed by atoms with van der Waals surface area (Å²) < 4.78 is 28.0. The maximum atomic E-state index is 14.0. The zero-order valence-corrected chi connectivity index (χ0v) is 11.8. The highest BCUT2D eigenvalue weighted by atomic mass is 19.1. The van der Waals surface area contributed by atoms with E-state index in [2.05, 4.69) is 4.98 Å². The van der Waals surface area contributed by atoms with Gasteiger partial charge in [-0.2, -0.15) is 0 Å². The highest BCUT2D eigenvalue weighted by Gasteiger charge is 2.18. The Labute approximate surface area is 130 Å². The fourth-order valence-corrected chi connectivity index (χ4v) is 2.36. The van der Waals surface area contributed by atoms with Gasteiger partial charge in [0.05, 0.1) is 0 Å².